The first-order chi connectivity index (χ1) is 12.6. The predicted octanol–water partition coefficient (Wildman–Crippen LogP) is 3.97. The van der Waals surface area contributed by atoms with E-state index in [2.05, 4.69) is 11.9 Å². The molecule has 1 aromatic rings. The van der Waals surface area contributed by atoms with E-state index in [9.17, 15) is 9.59 Å². The summed E-state index contributed by atoms with van der Waals surface area (Å²) in [6.07, 6.45) is 9.25. The smallest absolute Gasteiger partial charge is 0.305 e. The van der Waals surface area contributed by atoms with E-state index in [0.717, 1.165) is 19.3 Å². The molecular formula is C20H29NO5. The maximum absolute atomic E-state index is 11.8. The molecule has 1 heterocycles. The standard InChI is InChI=1S/C20H29NO5/c1-4-6-7-9-17(22)12-11-16-14-18(19(24-3)15-21-16)26-13-8-10-20(23)25-5-2/h11-12,14-15H,4-10,13H2,1-3H3. The van der Waals surface area contributed by atoms with E-state index in [1.165, 1.54) is 7.11 Å². The third-order valence-electron chi connectivity index (χ3n) is 3.63. The quantitative estimate of drug-likeness (QED) is 0.300. The molecule has 0 aromatic carbocycles. The number of allylic oxidation sites excluding steroid dienone is 1. The highest BCUT2D eigenvalue weighted by atomic mass is 16.5. The highest BCUT2D eigenvalue weighted by Gasteiger charge is 2.08. The molecule has 0 saturated carbocycles. The van der Waals surface area contributed by atoms with Crippen LogP contribution in [0.1, 0.15) is 58.1 Å². The minimum absolute atomic E-state index is 0.0907. The Morgan fingerprint density at radius 3 is 2.62 bits per heavy atom. The number of unbranched alkanes of at least 4 members (excludes halogenated alkanes) is 2. The number of ether oxygens (including phenoxy) is 3. The second kappa shape index (κ2) is 12.9. The summed E-state index contributed by atoms with van der Waals surface area (Å²) in [7, 11) is 1.54. The number of rotatable bonds is 13. The summed E-state index contributed by atoms with van der Waals surface area (Å²) < 4.78 is 15.8. The molecule has 0 bridgehead atoms. The van der Waals surface area contributed by atoms with Gasteiger partial charge in [0, 0.05) is 18.9 Å². The van der Waals surface area contributed by atoms with Crippen molar-refractivity contribution in [3.63, 3.8) is 0 Å². The number of carbonyl (C=O) groups is 2. The molecule has 0 saturated heterocycles. The van der Waals surface area contributed by atoms with E-state index in [1.807, 2.05) is 0 Å². The lowest BCUT2D eigenvalue weighted by Gasteiger charge is -2.10. The predicted molar refractivity (Wildman–Crippen MR) is 100 cm³/mol. The molecular weight excluding hydrogens is 334 g/mol. The maximum Gasteiger partial charge on any atom is 0.305 e. The van der Waals surface area contributed by atoms with Crippen LogP contribution in [0, 0.1) is 0 Å². The van der Waals surface area contributed by atoms with Gasteiger partial charge in [-0.3, -0.25) is 14.6 Å². The molecule has 0 aliphatic rings. The van der Waals surface area contributed by atoms with Gasteiger partial charge in [-0.25, -0.2) is 0 Å². The lowest BCUT2D eigenvalue weighted by Crippen LogP contribution is -2.07. The number of methoxy groups -OCH3 is 1. The monoisotopic (exact) mass is 363 g/mol. The van der Waals surface area contributed by atoms with Gasteiger partial charge in [0.2, 0.25) is 0 Å². The Labute approximate surface area is 155 Å². The van der Waals surface area contributed by atoms with Crippen LogP contribution in [0.25, 0.3) is 6.08 Å². The summed E-state index contributed by atoms with van der Waals surface area (Å²) in [4.78, 5) is 27.4. The van der Waals surface area contributed by atoms with Crippen molar-refractivity contribution in [1.82, 2.24) is 4.98 Å². The molecule has 1 aromatic heterocycles. The Morgan fingerprint density at radius 1 is 1.12 bits per heavy atom. The molecule has 0 spiro atoms. The summed E-state index contributed by atoms with van der Waals surface area (Å²) in [6, 6.07) is 1.72. The zero-order chi connectivity index (χ0) is 19.2. The lowest BCUT2D eigenvalue weighted by atomic mass is 10.1. The number of ketones is 1. The van der Waals surface area contributed by atoms with Gasteiger partial charge in [0.1, 0.15) is 0 Å². The fraction of sp³-hybridized carbons (Fsp3) is 0.550. The second-order valence-electron chi connectivity index (χ2n) is 5.77. The fourth-order valence-corrected chi connectivity index (χ4v) is 2.24. The van der Waals surface area contributed by atoms with Crippen LogP contribution in [0.15, 0.2) is 18.3 Å². The molecule has 6 heteroatoms. The lowest BCUT2D eigenvalue weighted by molar-refractivity contribution is -0.143. The topological polar surface area (TPSA) is 74.7 Å². The van der Waals surface area contributed by atoms with Crippen molar-refractivity contribution in [3.8, 4) is 11.5 Å². The average molecular weight is 363 g/mol. The molecule has 0 amide bonds. The van der Waals surface area contributed by atoms with Crippen LogP contribution in [0.3, 0.4) is 0 Å². The van der Waals surface area contributed by atoms with Gasteiger partial charge in [0.15, 0.2) is 17.3 Å². The summed E-state index contributed by atoms with van der Waals surface area (Å²) in [5, 5.41) is 0. The Kier molecular flexibility index (Phi) is 10.8. The van der Waals surface area contributed by atoms with Crippen LogP contribution in [0.4, 0.5) is 0 Å². The molecule has 0 atom stereocenters. The van der Waals surface area contributed by atoms with Crippen LogP contribution in [-0.2, 0) is 14.3 Å². The molecule has 0 aliphatic carbocycles. The number of pyridine rings is 1. The van der Waals surface area contributed by atoms with Crippen molar-refractivity contribution in [2.45, 2.75) is 52.4 Å². The van der Waals surface area contributed by atoms with Gasteiger partial charge in [-0.15, -0.1) is 0 Å². The van der Waals surface area contributed by atoms with Crippen molar-refractivity contribution in [2.75, 3.05) is 20.3 Å². The highest BCUT2D eigenvalue weighted by molar-refractivity contribution is 5.93. The zero-order valence-electron chi connectivity index (χ0n) is 16.0. The van der Waals surface area contributed by atoms with Crippen LogP contribution < -0.4 is 9.47 Å². The van der Waals surface area contributed by atoms with Crippen molar-refractivity contribution >= 4 is 17.8 Å². The summed E-state index contributed by atoms with van der Waals surface area (Å²) >= 11 is 0. The Bertz CT molecular complexity index is 598. The van der Waals surface area contributed by atoms with E-state index in [1.54, 1.807) is 31.3 Å². The molecule has 26 heavy (non-hydrogen) atoms. The van der Waals surface area contributed by atoms with Gasteiger partial charge in [0.25, 0.3) is 0 Å². The van der Waals surface area contributed by atoms with Crippen molar-refractivity contribution in [1.29, 1.82) is 0 Å². The number of hydrogen-bond acceptors (Lipinski definition) is 6. The van der Waals surface area contributed by atoms with Gasteiger partial charge in [-0.05, 0) is 31.9 Å². The van der Waals surface area contributed by atoms with Gasteiger partial charge >= 0.3 is 5.97 Å². The van der Waals surface area contributed by atoms with E-state index >= 15 is 0 Å². The average Bonchev–Trinajstić information content (AvgIpc) is 2.64. The Morgan fingerprint density at radius 2 is 1.92 bits per heavy atom. The third kappa shape index (κ3) is 8.65. The van der Waals surface area contributed by atoms with E-state index in [4.69, 9.17) is 14.2 Å². The van der Waals surface area contributed by atoms with Gasteiger partial charge < -0.3 is 14.2 Å². The molecule has 0 unspecified atom stereocenters. The molecule has 0 N–H and O–H groups in total. The SMILES string of the molecule is CCCCCC(=O)C=Cc1cc(OCCCC(=O)OCC)c(OC)cn1. The minimum Gasteiger partial charge on any atom is -0.491 e. The Hall–Kier alpha value is -2.37. The molecule has 0 radical (unpaired) electrons. The second-order valence-corrected chi connectivity index (χ2v) is 5.77. The van der Waals surface area contributed by atoms with Crippen LogP contribution in [0.2, 0.25) is 0 Å². The maximum atomic E-state index is 11.8. The fourth-order valence-electron chi connectivity index (χ4n) is 2.24. The van der Waals surface area contributed by atoms with E-state index < -0.39 is 0 Å². The summed E-state index contributed by atoms with van der Waals surface area (Å²) in [6.45, 7) is 4.62. The molecule has 144 valence electrons. The molecule has 0 fully saturated rings. The normalized spacial score (nSPS) is 10.7. The first kappa shape index (κ1) is 21.7. The number of hydrogen-bond donors (Lipinski definition) is 0. The number of nitrogens with zero attached hydrogens (tertiary/aromatic N) is 1. The van der Waals surface area contributed by atoms with Crippen LogP contribution >= 0.6 is 0 Å². The largest absolute Gasteiger partial charge is 0.491 e. The molecule has 6 nitrogen and oxygen atoms in total. The van der Waals surface area contributed by atoms with Gasteiger partial charge in [-0.2, -0.15) is 0 Å². The van der Waals surface area contributed by atoms with Crippen molar-refractivity contribution in [3.05, 3.63) is 24.0 Å². The van der Waals surface area contributed by atoms with E-state index in [-0.39, 0.29) is 11.8 Å². The van der Waals surface area contributed by atoms with Gasteiger partial charge in [-0.1, -0.05) is 19.8 Å². The Balaban J connectivity index is 2.58. The highest BCUT2D eigenvalue weighted by Crippen LogP contribution is 2.27. The van der Waals surface area contributed by atoms with Crippen LogP contribution in [0.5, 0.6) is 11.5 Å². The van der Waals surface area contributed by atoms with Crippen LogP contribution in [-0.4, -0.2) is 37.1 Å². The first-order valence-electron chi connectivity index (χ1n) is 9.14. The van der Waals surface area contributed by atoms with Crippen molar-refractivity contribution < 1.29 is 23.8 Å². The first-order valence-corrected chi connectivity index (χ1v) is 9.14. The van der Waals surface area contributed by atoms with Gasteiger partial charge in [0.05, 0.1) is 32.2 Å². The number of carbonyl (C=O) groups excluding carboxylic acids is 2. The van der Waals surface area contributed by atoms with E-state index in [0.29, 0.717) is 49.7 Å². The van der Waals surface area contributed by atoms with Crippen molar-refractivity contribution in [2.24, 2.45) is 0 Å². The summed E-state index contributed by atoms with van der Waals surface area (Å²) in [5.41, 5.74) is 0.620. The number of aromatic nitrogens is 1. The zero-order valence-corrected chi connectivity index (χ0v) is 16.0. The molecule has 0 aliphatic heterocycles. The number of esters is 1. The minimum atomic E-state index is -0.233. The molecule has 1 rings (SSSR count). The third-order valence-corrected chi connectivity index (χ3v) is 3.63. The summed E-state index contributed by atoms with van der Waals surface area (Å²) in [5.74, 6) is 0.896.